The standard InChI is InChI=1S/C9H12N2O5S/c1-17(14,15)16-5-4-7-2-3-8(10)9(6-7)11(12)13/h2-3,6H,4-5,10H2,1H3. The molecule has 1 rings (SSSR count). The van der Waals surface area contributed by atoms with E-state index < -0.39 is 15.0 Å². The van der Waals surface area contributed by atoms with E-state index >= 15 is 0 Å². The van der Waals surface area contributed by atoms with E-state index in [1.807, 2.05) is 0 Å². The van der Waals surface area contributed by atoms with Crippen LogP contribution in [0.25, 0.3) is 0 Å². The molecular weight excluding hydrogens is 248 g/mol. The molecule has 0 fully saturated rings. The number of anilines is 1. The molecule has 0 atom stereocenters. The summed E-state index contributed by atoms with van der Waals surface area (Å²) in [5.41, 5.74) is 5.89. The summed E-state index contributed by atoms with van der Waals surface area (Å²) < 4.78 is 25.9. The van der Waals surface area contributed by atoms with E-state index in [1.165, 1.54) is 12.1 Å². The first-order valence-electron chi connectivity index (χ1n) is 4.67. The second-order valence-corrected chi connectivity index (χ2v) is 5.07. The average Bonchev–Trinajstić information content (AvgIpc) is 2.18. The summed E-state index contributed by atoms with van der Waals surface area (Å²) >= 11 is 0. The quantitative estimate of drug-likeness (QED) is 0.361. The summed E-state index contributed by atoms with van der Waals surface area (Å²) in [5, 5.41) is 10.6. The van der Waals surface area contributed by atoms with Crippen LogP contribution in [0.5, 0.6) is 0 Å². The van der Waals surface area contributed by atoms with Crippen molar-refractivity contribution in [2.75, 3.05) is 18.6 Å². The predicted molar refractivity (Wildman–Crippen MR) is 62.0 cm³/mol. The normalized spacial score (nSPS) is 11.4. The Morgan fingerprint density at radius 1 is 1.47 bits per heavy atom. The molecule has 0 unspecified atom stereocenters. The molecule has 0 aromatic heterocycles. The SMILES string of the molecule is CS(=O)(=O)OCCc1ccc(N)c([N+](=O)[O-])c1. The van der Waals surface area contributed by atoms with Crippen LogP contribution in [0.3, 0.4) is 0 Å². The van der Waals surface area contributed by atoms with Gasteiger partial charge in [-0.2, -0.15) is 8.42 Å². The molecule has 1 aromatic rings. The number of nitrogens with zero attached hydrogens (tertiary/aromatic N) is 1. The number of hydrogen-bond donors (Lipinski definition) is 1. The highest BCUT2D eigenvalue weighted by Gasteiger charge is 2.12. The molecule has 0 aliphatic rings. The van der Waals surface area contributed by atoms with Crippen LogP contribution in [-0.2, 0) is 20.7 Å². The van der Waals surface area contributed by atoms with Crippen LogP contribution in [0.1, 0.15) is 5.56 Å². The molecule has 0 spiro atoms. The fourth-order valence-corrected chi connectivity index (χ4v) is 1.60. The van der Waals surface area contributed by atoms with Crippen LogP contribution >= 0.6 is 0 Å². The average molecular weight is 260 g/mol. The Morgan fingerprint density at radius 2 is 2.12 bits per heavy atom. The van der Waals surface area contributed by atoms with Gasteiger partial charge in [0.05, 0.1) is 17.8 Å². The van der Waals surface area contributed by atoms with Gasteiger partial charge < -0.3 is 5.73 Å². The molecule has 0 bridgehead atoms. The third-order valence-corrected chi connectivity index (χ3v) is 2.57. The van der Waals surface area contributed by atoms with Gasteiger partial charge in [0.2, 0.25) is 0 Å². The van der Waals surface area contributed by atoms with E-state index in [0.717, 1.165) is 6.26 Å². The number of hydrogen-bond acceptors (Lipinski definition) is 6. The Labute approximate surface area is 98.5 Å². The highest BCUT2D eigenvalue weighted by Crippen LogP contribution is 2.22. The van der Waals surface area contributed by atoms with Gasteiger partial charge in [-0.15, -0.1) is 0 Å². The molecule has 0 saturated heterocycles. The third-order valence-electron chi connectivity index (χ3n) is 1.98. The first-order chi connectivity index (χ1) is 7.79. The lowest BCUT2D eigenvalue weighted by molar-refractivity contribution is -0.384. The molecule has 0 radical (unpaired) electrons. The first kappa shape index (κ1) is 13.4. The minimum atomic E-state index is -3.49. The van der Waals surface area contributed by atoms with E-state index in [-0.39, 0.29) is 24.4 Å². The van der Waals surface area contributed by atoms with Crippen molar-refractivity contribution in [1.82, 2.24) is 0 Å². The van der Waals surface area contributed by atoms with Gasteiger partial charge in [0, 0.05) is 6.07 Å². The zero-order chi connectivity index (χ0) is 13.1. The fourth-order valence-electron chi connectivity index (χ4n) is 1.21. The maximum atomic E-state index is 10.7. The molecule has 0 amide bonds. The zero-order valence-corrected chi connectivity index (χ0v) is 9.94. The molecule has 0 aliphatic carbocycles. The van der Waals surface area contributed by atoms with E-state index in [0.29, 0.717) is 5.56 Å². The molecule has 1 aromatic carbocycles. The van der Waals surface area contributed by atoms with Crippen molar-refractivity contribution < 1.29 is 17.5 Å². The molecule has 94 valence electrons. The predicted octanol–water partition coefficient (Wildman–Crippen LogP) is 0.696. The van der Waals surface area contributed by atoms with E-state index in [4.69, 9.17) is 5.73 Å². The van der Waals surface area contributed by atoms with Crippen LogP contribution in [0.15, 0.2) is 18.2 Å². The topological polar surface area (TPSA) is 113 Å². The molecule has 0 aliphatic heterocycles. The number of benzene rings is 1. The van der Waals surface area contributed by atoms with Gasteiger partial charge >= 0.3 is 0 Å². The smallest absolute Gasteiger partial charge is 0.292 e. The van der Waals surface area contributed by atoms with Crippen LogP contribution in [0.2, 0.25) is 0 Å². The Hall–Kier alpha value is -1.67. The van der Waals surface area contributed by atoms with Gasteiger partial charge in [-0.3, -0.25) is 14.3 Å². The maximum Gasteiger partial charge on any atom is 0.292 e. The lowest BCUT2D eigenvalue weighted by atomic mass is 10.1. The van der Waals surface area contributed by atoms with Crippen molar-refractivity contribution in [3.8, 4) is 0 Å². The summed E-state index contributed by atoms with van der Waals surface area (Å²) in [6, 6.07) is 4.31. The van der Waals surface area contributed by atoms with Gasteiger partial charge in [0.25, 0.3) is 15.8 Å². The molecule has 0 saturated carbocycles. The molecule has 2 N–H and O–H groups in total. The largest absolute Gasteiger partial charge is 0.393 e. The van der Waals surface area contributed by atoms with Gasteiger partial charge in [0.15, 0.2) is 0 Å². The first-order valence-corrected chi connectivity index (χ1v) is 6.48. The van der Waals surface area contributed by atoms with Crippen molar-refractivity contribution in [3.05, 3.63) is 33.9 Å². The van der Waals surface area contributed by atoms with Gasteiger partial charge in [-0.1, -0.05) is 6.07 Å². The Kier molecular flexibility index (Phi) is 4.02. The minimum Gasteiger partial charge on any atom is -0.393 e. The number of nitro groups is 1. The number of rotatable bonds is 5. The van der Waals surface area contributed by atoms with Crippen molar-refractivity contribution in [2.24, 2.45) is 0 Å². The molecular formula is C9H12N2O5S. The highest BCUT2D eigenvalue weighted by molar-refractivity contribution is 7.85. The second kappa shape index (κ2) is 5.11. The van der Waals surface area contributed by atoms with E-state index in [2.05, 4.69) is 4.18 Å². The van der Waals surface area contributed by atoms with E-state index in [1.54, 1.807) is 6.07 Å². The Balaban J connectivity index is 2.73. The van der Waals surface area contributed by atoms with Crippen LogP contribution in [0.4, 0.5) is 11.4 Å². The highest BCUT2D eigenvalue weighted by atomic mass is 32.2. The van der Waals surface area contributed by atoms with Crippen molar-refractivity contribution in [3.63, 3.8) is 0 Å². The van der Waals surface area contributed by atoms with Gasteiger partial charge in [-0.05, 0) is 18.1 Å². The summed E-state index contributed by atoms with van der Waals surface area (Å²) in [6.45, 7) is -0.0556. The van der Waals surface area contributed by atoms with Crippen molar-refractivity contribution >= 4 is 21.5 Å². The summed E-state index contributed by atoms with van der Waals surface area (Å²) in [7, 11) is -3.49. The lowest BCUT2D eigenvalue weighted by Crippen LogP contribution is -2.06. The minimum absolute atomic E-state index is 0.0556. The molecule has 7 nitrogen and oxygen atoms in total. The zero-order valence-electron chi connectivity index (χ0n) is 9.12. The number of nitrogens with two attached hydrogens (primary N) is 1. The van der Waals surface area contributed by atoms with Crippen molar-refractivity contribution in [2.45, 2.75) is 6.42 Å². The van der Waals surface area contributed by atoms with Gasteiger partial charge in [-0.25, -0.2) is 0 Å². The van der Waals surface area contributed by atoms with Crippen molar-refractivity contribution in [1.29, 1.82) is 0 Å². The summed E-state index contributed by atoms with van der Waals surface area (Å²) in [4.78, 5) is 10.0. The number of nitrogen functional groups attached to an aromatic ring is 1. The Morgan fingerprint density at radius 3 is 2.65 bits per heavy atom. The molecule has 17 heavy (non-hydrogen) atoms. The van der Waals surface area contributed by atoms with Crippen LogP contribution < -0.4 is 5.73 Å². The molecule has 0 heterocycles. The lowest BCUT2D eigenvalue weighted by Gasteiger charge is -2.03. The summed E-state index contributed by atoms with van der Waals surface area (Å²) in [5.74, 6) is 0. The monoisotopic (exact) mass is 260 g/mol. The Bertz CT molecular complexity index is 526. The fraction of sp³-hybridized carbons (Fsp3) is 0.333. The third kappa shape index (κ3) is 4.37. The summed E-state index contributed by atoms with van der Waals surface area (Å²) in [6.07, 6.45) is 1.20. The van der Waals surface area contributed by atoms with Crippen LogP contribution in [-0.4, -0.2) is 26.2 Å². The maximum absolute atomic E-state index is 10.7. The molecule has 8 heteroatoms. The number of nitro benzene ring substituents is 1. The second-order valence-electron chi connectivity index (χ2n) is 3.43. The van der Waals surface area contributed by atoms with Gasteiger partial charge in [0.1, 0.15) is 5.69 Å². The van der Waals surface area contributed by atoms with E-state index in [9.17, 15) is 18.5 Å². The van der Waals surface area contributed by atoms with Crippen LogP contribution in [0, 0.1) is 10.1 Å².